The number of anilines is 4. The highest BCUT2D eigenvalue weighted by molar-refractivity contribution is 5.75. The largest absolute Gasteiger partial charge is 0.390 e. The fourth-order valence-corrected chi connectivity index (χ4v) is 11.4. The van der Waals surface area contributed by atoms with Crippen LogP contribution in [0.5, 0.6) is 0 Å². The van der Waals surface area contributed by atoms with E-state index in [1.165, 1.54) is 238 Å². The fourth-order valence-electron chi connectivity index (χ4n) is 11.4. The lowest BCUT2D eigenvalue weighted by atomic mass is 10.0. The third-order valence-electron chi connectivity index (χ3n) is 16.5. The summed E-state index contributed by atoms with van der Waals surface area (Å²) in [5, 5.41) is 21.2. The summed E-state index contributed by atoms with van der Waals surface area (Å²) in [5.41, 5.74) is 0.181. The summed E-state index contributed by atoms with van der Waals surface area (Å²) in [6.07, 6.45) is 57.1. The number of unbranched alkanes of at least 4 members (excludes halogenated alkanes) is 41. The lowest BCUT2D eigenvalue weighted by molar-refractivity contribution is 0.119. The molecule has 1 atom stereocenters. The van der Waals surface area contributed by atoms with Crippen LogP contribution in [-0.2, 0) is 0 Å². The average Bonchev–Trinajstić information content (AvgIpc) is 3.44. The third kappa shape index (κ3) is 34.9. The summed E-state index contributed by atoms with van der Waals surface area (Å²) in [6.45, 7) is 14.4. The van der Waals surface area contributed by atoms with E-state index in [0.717, 1.165) is 90.5 Å². The smallest absolute Gasteiger partial charge is 0.253 e. The van der Waals surface area contributed by atoms with Crippen LogP contribution >= 0.6 is 0 Å². The van der Waals surface area contributed by atoms with Crippen LogP contribution in [0.4, 0.5) is 22.7 Å². The minimum atomic E-state index is -0.707. The van der Waals surface area contributed by atoms with E-state index in [2.05, 4.69) is 53.4 Å². The number of hydrogen-bond donors (Lipinski definition) is 4. The SMILES string of the molecule is CCCCCCCCCCCCCCN(CCCCN(CCCCCCCCCCCCCC)c1c(NCCCCCCCCCCCC)c(=O)c1=O)CC(O)CNc1c(NCCCCCCCCCCCC)c(=O)c1=O. The van der Waals surface area contributed by atoms with Gasteiger partial charge in [-0.05, 0) is 51.6 Å². The van der Waals surface area contributed by atoms with Crippen molar-refractivity contribution in [1.82, 2.24) is 4.90 Å². The van der Waals surface area contributed by atoms with Crippen LogP contribution in [0.1, 0.15) is 323 Å². The molecule has 10 heteroatoms. The van der Waals surface area contributed by atoms with Gasteiger partial charge in [-0.1, -0.05) is 285 Å². The van der Waals surface area contributed by atoms with Crippen LogP contribution in [-0.4, -0.2) is 68.5 Å². The third-order valence-corrected chi connectivity index (χ3v) is 16.5. The summed E-state index contributed by atoms with van der Waals surface area (Å²) in [5.74, 6) is 0. The zero-order chi connectivity index (χ0) is 55.7. The molecule has 0 aliphatic carbocycles. The molecule has 0 aliphatic heterocycles. The number of aliphatic hydroxyl groups is 1. The van der Waals surface area contributed by atoms with Gasteiger partial charge in [-0.15, -0.1) is 0 Å². The highest BCUT2D eigenvalue weighted by Gasteiger charge is 2.26. The van der Waals surface area contributed by atoms with Gasteiger partial charge in [0.1, 0.15) is 22.7 Å². The molecule has 1 unspecified atom stereocenters. The summed E-state index contributed by atoms with van der Waals surface area (Å²) >= 11 is 0. The molecule has 0 saturated heterocycles. The molecule has 0 heterocycles. The molecule has 0 bridgehead atoms. The molecule has 0 fully saturated rings. The van der Waals surface area contributed by atoms with Crippen molar-refractivity contribution in [2.45, 2.75) is 329 Å². The zero-order valence-corrected chi connectivity index (χ0v) is 51.2. The standard InChI is InChI=1S/C67H125N5O5/c1-5-9-13-17-21-25-29-31-35-39-43-47-53-71(58-59(73)57-70-61-60(64(74)65(61)75)68-51-45-41-37-33-27-23-19-15-11-7-3)54-49-50-56-72(55-48-44-40-36-32-30-26-22-18-14-10-6-2)63-62(66(76)67(63)77)69-52-46-42-38-34-28-24-20-16-12-8-4/h59,68-70,73H,5-58H2,1-4H3. The van der Waals surface area contributed by atoms with E-state index in [-0.39, 0.29) is 17.4 Å². The van der Waals surface area contributed by atoms with E-state index in [4.69, 9.17) is 0 Å². The Kier molecular flexibility index (Phi) is 45.9. The van der Waals surface area contributed by atoms with Crippen molar-refractivity contribution in [3.05, 3.63) is 40.9 Å². The van der Waals surface area contributed by atoms with Crippen molar-refractivity contribution in [1.29, 1.82) is 0 Å². The molecule has 2 aromatic carbocycles. The lowest BCUT2D eigenvalue weighted by Gasteiger charge is -2.29. The molecule has 10 nitrogen and oxygen atoms in total. The van der Waals surface area contributed by atoms with Crippen LogP contribution in [0.25, 0.3) is 0 Å². The zero-order valence-electron chi connectivity index (χ0n) is 51.2. The van der Waals surface area contributed by atoms with Crippen LogP contribution < -0.4 is 42.6 Å². The number of hydrogen-bond acceptors (Lipinski definition) is 10. The second-order valence-electron chi connectivity index (χ2n) is 23.8. The predicted octanol–water partition coefficient (Wildman–Crippen LogP) is 17.3. The Morgan fingerprint density at radius 1 is 0.312 bits per heavy atom. The molecule has 0 spiro atoms. The van der Waals surface area contributed by atoms with E-state index >= 15 is 0 Å². The Labute approximate surface area is 474 Å². The van der Waals surface area contributed by atoms with Crippen LogP contribution in [0.15, 0.2) is 19.2 Å². The number of rotatable bonds is 61. The van der Waals surface area contributed by atoms with Gasteiger partial charge in [-0.25, -0.2) is 0 Å². The first kappa shape index (κ1) is 70.4. The Hall–Kier alpha value is -2.72. The highest BCUT2D eigenvalue weighted by Crippen LogP contribution is 2.24. The maximum Gasteiger partial charge on any atom is 0.253 e. The van der Waals surface area contributed by atoms with Crippen LogP contribution in [0, 0.1) is 0 Å². The monoisotopic (exact) mass is 1080 g/mol. The van der Waals surface area contributed by atoms with E-state index in [0.29, 0.717) is 35.8 Å². The van der Waals surface area contributed by atoms with Crippen LogP contribution in [0.2, 0.25) is 0 Å². The molecular formula is C67H125N5O5. The van der Waals surface area contributed by atoms with E-state index in [9.17, 15) is 24.3 Å². The van der Waals surface area contributed by atoms with Gasteiger partial charge >= 0.3 is 0 Å². The molecular weight excluding hydrogens is 955 g/mol. The quantitative estimate of drug-likeness (QED) is 0.0375. The molecule has 77 heavy (non-hydrogen) atoms. The topological polar surface area (TPSA) is 131 Å². The minimum Gasteiger partial charge on any atom is -0.390 e. The molecule has 0 aliphatic rings. The Balaban J connectivity index is 1.98. The van der Waals surface area contributed by atoms with Crippen molar-refractivity contribution < 1.29 is 5.11 Å². The van der Waals surface area contributed by atoms with Crippen molar-refractivity contribution in [2.75, 3.05) is 73.2 Å². The summed E-state index contributed by atoms with van der Waals surface area (Å²) in [6, 6.07) is 0. The van der Waals surface area contributed by atoms with Gasteiger partial charge in [0, 0.05) is 39.3 Å². The van der Waals surface area contributed by atoms with Crippen molar-refractivity contribution in [3.8, 4) is 0 Å². The van der Waals surface area contributed by atoms with Gasteiger partial charge in [0.25, 0.3) is 21.7 Å². The molecule has 0 saturated carbocycles. The number of nitrogens with one attached hydrogen (secondary N) is 3. The van der Waals surface area contributed by atoms with E-state index in [1.807, 2.05) is 0 Å². The maximum atomic E-state index is 13.3. The van der Waals surface area contributed by atoms with E-state index in [1.54, 1.807) is 0 Å². The van der Waals surface area contributed by atoms with Gasteiger partial charge in [0.15, 0.2) is 0 Å². The Morgan fingerprint density at radius 3 is 0.935 bits per heavy atom. The first-order valence-corrected chi connectivity index (χ1v) is 33.8. The highest BCUT2D eigenvalue weighted by atomic mass is 16.3. The van der Waals surface area contributed by atoms with Crippen molar-refractivity contribution >= 4 is 22.7 Å². The summed E-state index contributed by atoms with van der Waals surface area (Å²) in [7, 11) is 0. The van der Waals surface area contributed by atoms with Gasteiger partial charge in [-0.2, -0.15) is 0 Å². The Bertz CT molecular complexity index is 1770. The first-order chi connectivity index (χ1) is 37.8. The molecule has 0 amide bonds. The minimum absolute atomic E-state index is 0.207. The molecule has 2 aromatic rings. The number of aliphatic hydroxyl groups excluding tert-OH is 1. The van der Waals surface area contributed by atoms with Gasteiger partial charge in [-0.3, -0.25) is 19.2 Å². The second kappa shape index (κ2) is 50.3. The van der Waals surface area contributed by atoms with Crippen LogP contribution in [0.3, 0.4) is 0 Å². The molecule has 0 aromatic heterocycles. The number of nitrogens with zero attached hydrogens (tertiary/aromatic N) is 2. The second-order valence-corrected chi connectivity index (χ2v) is 23.8. The molecule has 0 radical (unpaired) electrons. The average molecular weight is 1080 g/mol. The lowest BCUT2D eigenvalue weighted by Crippen LogP contribution is -2.44. The Morgan fingerprint density at radius 2 is 0.571 bits per heavy atom. The summed E-state index contributed by atoms with van der Waals surface area (Å²) in [4.78, 5) is 56.3. The molecule has 2 rings (SSSR count). The van der Waals surface area contributed by atoms with Crippen molar-refractivity contribution in [2.24, 2.45) is 0 Å². The molecule has 448 valence electrons. The fraction of sp³-hybridized carbons (Fsp3) is 0.881. The maximum absolute atomic E-state index is 13.3. The predicted molar refractivity (Wildman–Crippen MR) is 338 cm³/mol. The van der Waals surface area contributed by atoms with Crippen molar-refractivity contribution in [3.63, 3.8) is 0 Å². The van der Waals surface area contributed by atoms with E-state index < -0.39 is 17.0 Å². The van der Waals surface area contributed by atoms with Gasteiger partial charge in [0.05, 0.1) is 6.10 Å². The normalized spacial score (nSPS) is 12.2. The summed E-state index contributed by atoms with van der Waals surface area (Å²) < 4.78 is 0. The van der Waals surface area contributed by atoms with Gasteiger partial charge in [0.2, 0.25) is 0 Å². The first-order valence-electron chi connectivity index (χ1n) is 33.8. The molecule has 4 N–H and O–H groups in total. The van der Waals surface area contributed by atoms with Gasteiger partial charge < -0.3 is 30.9 Å².